The van der Waals surface area contributed by atoms with Gasteiger partial charge in [-0.15, -0.1) is 11.3 Å². The van der Waals surface area contributed by atoms with Crippen molar-refractivity contribution < 1.29 is 12.8 Å². The number of furan rings is 1. The number of likely N-dealkylation sites (N-methyl/N-ethyl adjacent to an activating group) is 1. The van der Waals surface area contributed by atoms with Crippen molar-refractivity contribution >= 4 is 27.3 Å². The van der Waals surface area contributed by atoms with Crippen LogP contribution in [0.25, 0.3) is 0 Å². The van der Waals surface area contributed by atoms with Gasteiger partial charge in [0.15, 0.2) is 5.96 Å². The minimum atomic E-state index is -3.41. The molecule has 0 aliphatic carbocycles. The Hall–Kier alpha value is -1.84. The molecular formula is C14H20N4O3S2. The molecule has 0 bridgehead atoms. The van der Waals surface area contributed by atoms with Crippen LogP contribution in [-0.2, 0) is 16.6 Å². The van der Waals surface area contributed by atoms with Crippen LogP contribution < -0.4 is 10.6 Å². The lowest BCUT2D eigenvalue weighted by Gasteiger charge is -2.17. The summed E-state index contributed by atoms with van der Waals surface area (Å²) in [5.74, 6) is 1.38. The molecule has 0 atom stereocenters. The normalized spacial score (nSPS) is 12.6. The van der Waals surface area contributed by atoms with E-state index in [2.05, 4.69) is 15.6 Å². The lowest BCUT2D eigenvalue weighted by Crippen LogP contribution is -2.41. The average molecular weight is 356 g/mol. The third kappa shape index (κ3) is 4.81. The summed E-state index contributed by atoms with van der Waals surface area (Å²) in [5.41, 5.74) is 0. The number of aliphatic imine (C=N–C) groups is 1. The SMILES string of the molecule is CN=C(NCCN(C)S(=O)(=O)c1cccs1)NCc1ccco1. The van der Waals surface area contributed by atoms with E-state index in [1.807, 2.05) is 12.1 Å². The van der Waals surface area contributed by atoms with Gasteiger partial charge in [-0.25, -0.2) is 8.42 Å². The molecule has 0 aliphatic heterocycles. The maximum absolute atomic E-state index is 12.3. The van der Waals surface area contributed by atoms with Crippen LogP contribution in [0.5, 0.6) is 0 Å². The summed E-state index contributed by atoms with van der Waals surface area (Å²) < 4.78 is 31.4. The Bertz CT molecular complexity index is 709. The zero-order valence-corrected chi connectivity index (χ0v) is 14.7. The second-order valence-corrected chi connectivity index (χ2v) is 7.91. The third-order valence-corrected chi connectivity index (χ3v) is 6.34. The summed E-state index contributed by atoms with van der Waals surface area (Å²) >= 11 is 1.21. The van der Waals surface area contributed by atoms with Crippen molar-refractivity contribution in [1.82, 2.24) is 14.9 Å². The summed E-state index contributed by atoms with van der Waals surface area (Å²) in [4.78, 5) is 4.08. The molecule has 9 heteroatoms. The van der Waals surface area contributed by atoms with Crippen molar-refractivity contribution in [1.29, 1.82) is 0 Å². The van der Waals surface area contributed by atoms with Crippen molar-refractivity contribution in [2.45, 2.75) is 10.8 Å². The standard InChI is InChI=1S/C14H20N4O3S2/c1-15-14(17-11-12-5-3-9-21-12)16-7-8-18(2)23(19,20)13-6-4-10-22-13/h3-6,9-10H,7-8,11H2,1-2H3,(H2,15,16,17). The van der Waals surface area contributed by atoms with Crippen LogP contribution >= 0.6 is 11.3 Å². The van der Waals surface area contributed by atoms with Crippen molar-refractivity contribution in [2.75, 3.05) is 27.2 Å². The number of nitrogens with one attached hydrogen (secondary N) is 2. The summed E-state index contributed by atoms with van der Waals surface area (Å²) in [7, 11) is -0.190. The fraction of sp³-hybridized carbons (Fsp3) is 0.357. The number of nitrogens with zero attached hydrogens (tertiary/aromatic N) is 2. The molecule has 0 fully saturated rings. The van der Waals surface area contributed by atoms with Gasteiger partial charge in [-0.1, -0.05) is 6.07 Å². The molecule has 2 aromatic rings. The highest BCUT2D eigenvalue weighted by Gasteiger charge is 2.21. The molecule has 0 radical (unpaired) electrons. The second kappa shape index (κ2) is 8.14. The maximum Gasteiger partial charge on any atom is 0.252 e. The summed E-state index contributed by atoms with van der Waals surface area (Å²) in [6.45, 7) is 1.29. The average Bonchev–Trinajstić information content (AvgIpc) is 3.23. The number of guanidine groups is 1. The van der Waals surface area contributed by atoms with Crippen LogP contribution in [0.4, 0.5) is 0 Å². The number of hydrogen-bond donors (Lipinski definition) is 2. The van der Waals surface area contributed by atoms with Gasteiger partial charge < -0.3 is 15.1 Å². The summed E-state index contributed by atoms with van der Waals surface area (Å²) in [6.07, 6.45) is 1.61. The Balaban J connectivity index is 1.79. The highest BCUT2D eigenvalue weighted by Crippen LogP contribution is 2.19. The molecule has 7 nitrogen and oxygen atoms in total. The largest absolute Gasteiger partial charge is 0.467 e. The van der Waals surface area contributed by atoms with Gasteiger partial charge in [-0.05, 0) is 23.6 Å². The van der Waals surface area contributed by atoms with Crippen LogP contribution in [0, 0.1) is 0 Å². The van der Waals surface area contributed by atoms with Gasteiger partial charge in [-0.2, -0.15) is 4.31 Å². The minimum Gasteiger partial charge on any atom is -0.467 e. The van der Waals surface area contributed by atoms with E-state index in [0.717, 1.165) is 5.76 Å². The highest BCUT2D eigenvalue weighted by molar-refractivity contribution is 7.91. The van der Waals surface area contributed by atoms with E-state index in [9.17, 15) is 8.42 Å². The van der Waals surface area contributed by atoms with Crippen molar-refractivity contribution in [2.24, 2.45) is 4.99 Å². The zero-order chi connectivity index (χ0) is 16.7. The molecule has 0 saturated heterocycles. The third-order valence-electron chi connectivity index (χ3n) is 3.11. The van der Waals surface area contributed by atoms with E-state index < -0.39 is 10.0 Å². The highest BCUT2D eigenvalue weighted by atomic mass is 32.2. The number of sulfonamides is 1. The monoisotopic (exact) mass is 356 g/mol. The van der Waals surface area contributed by atoms with Gasteiger partial charge >= 0.3 is 0 Å². The van der Waals surface area contributed by atoms with Gasteiger partial charge in [-0.3, -0.25) is 4.99 Å². The first-order chi connectivity index (χ1) is 11.0. The van der Waals surface area contributed by atoms with E-state index in [1.54, 1.807) is 37.9 Å². The topological polar surface area (TPSA) is 86.9 Å². The lowest BCUT2D eigenvalue weighted by atomic mass is 10.4. The van der Waals surface area contributed by atoms with E-state index in [4.69, 9.17) is 4.42 Å². The van der Waals surface area contributed by atoms with Gasteiger partial charge in [0.2, 0.25) is 0 Å². The van der Waals surface area contributed by atoms with Gasteiger partial charge in [0, 0.05) is 27.2 Å². The Morgan fingerprint density at radius 2 is 2.17 bits per heavy atom. The molecule has 2 aromatic heterocycles. The van der Waals surface area contributed by atoms with Gasteiger partial charge in [0.1, 0.15) is 9.97 Å². The van der Waals surface area contributed by atoms with E-state index in [0.29, 0.717) is 29.8 Å². The lowest BCUT2D eigenvalue weighted by molar-refractivity contribution is 0.470. The smallest absolute Gasteiger partial charge is 0.252 e. The Morgan fingerprint density at radius 3 is 2.78 bits per heavy atom. The zero-order valence-electron chi connectivity index (χ0n) is 13.0. The summed E-state index contributed by atoms with van der Waals surface area (Å²) in [6, 6.07) is 7.01. The Kier molecular flexibility index (Phi) is 6.20. The quantitative estimate of drug-likeness (QED) is 0.577. The molecule has 126 valence electrons. The number of hydrogen-bond acceptors (Lipinski definition) is 5. The van der Waals surface area contributed by atoms with E-state index in [-0.39, 0.29) is 0 Å². The van der Waals surface area contributed by atoms with Crippen molar-refractivity contribution in [3.05, 3.63) is 41.7 Å². The molecule has 0 amide bonds. The first-order valence-corrected chi connectivity index (χ1v) is 9.33. The van der Waals surface area contributed by atoms with Crippen LogP contribution in [0.3, 0.4) is 0 Å². The van der Waals surface area contributed by atoms with E-state index in [1.165, 1.54) is 15.6 Å². The van der Waals surface area contributed by atoms with E-state index >= 15 is 0 Å². The maximum atomic E-state index is 12.3. The molecular weight excluding hydrogens is 336 g/mol. The molecule has 0 aliphatic rings. The van der Waals surface area contributed by atoms with Crippen LogP contribution in [0.1, 0.15) is 5.76 Å². The molecule has 0 aromatic carbocycles. The predicted molar refractivity (Wildman–Crippen MR) is 91.0 cm³/mol. The first kappa shape index (κ1) is 17.5. The van der Waals surface area contributed by atoms with Crippen LogP contribution in [0.2, 0.25) is 0 Å². The molecule has 0 spiro atoms. The van der Waals surface area contributed by atoms with Crippen LogP contribution in [0.15, 0.2) is 49.5 Å². The van der Waals surface area contributed by atoms with Gasteiger partial charge in [0.25, 0.3) is 10.0 Å². The molecule has 2 N–H and O–H groups in total. The predicted octanol–water partition coefficient (Wildman–Crippen LogP) is 1.33. The van der Waals surface area contributed by atoms with Gasteiger partial charge in [0.05, 0.1) is 12.8 Å². The number of rotatable bonds is 7. The summed E-state index contributed by atoms with van der Waals surface area (Å²) in [5, 5.41) is 7.92. The van der Waals surface area contributed by atoms with Crippen molar-refractivity contribution in [3.8, 4) is 0 Å². The molecule has 2 heterocycles. The van der Waals surface area contributed by atoms with Crippen LogP contribution in [-0.4, -0.2) is 45.9 Å². The first-order valence-electron chi connectivity index (χ1n) is 7.01. The van der Waals surface area contributed by atoms with Crippen molar-refractivity contribution in [3.63, 3.8) is 0 Å². The minimum absolute atomic E-state index is 0.335. The fourth-order valence-corrected chi connectivity index (χ4v) is 4.19. The Morgan fingerprint density at radius 1 is 1.35 bits per heavy atom. The molecule has 0 saturated carbocycles. The molecule has 23 heavy (non-hydrogen) atoms. The Labute approximate surface area is 140 Å². The molecule has 0 unspecified atom stereocenters. The molecule has 2 rings (SSSR count). The fourth-order valence-electron chi connectivity index (χ4n) is 1.82. The number of thiophene rings is 1. The second-order valence-electron chi connectivity index (χ2n) is 4.69.